The van der Waals surface area contributed by atoms with Gasteiger partial charge in [0.2, 0.25) is 5.91 Å². The van der Waals surface area contributed by atoms with Crippen LogP contribution in [-0.2, 0) is 11.2 Å². The standard InChI is InChI=1S/C22H32N4O2.HI/c1-23-21(26-13-11-22(16-26)9-3-2-4-10-22)24-12-14-28-18-6-7-19-17(15-18)5-8-20(27)25-19;/h6-7,15H,2-5,8-14,16H2,1H3,(H,23,24)(H,25,27);1H. The van der Waals surface area contributed by atoms with E-state index in [2.05, 4.69) is 20.5 Å². The van der Waals surface area contributed by atoms with Crippen molar-refractivity contribution in [1.82, 2.24) is 10.2 Å². The predicted molar refractivity (Wildman–Crippen MR) is 127 cm³/mol. The Morgan fingerprint density at radius 1 is 1.24 bits per heavy atom. The first-order valence-corrected chi connectivity index (χ1v) is 10.7. The molecule has 1 spiro atoms. The molecule has 2 heterocycles. The molecular formula is C22H33IN4O2. The molecule has 1 amide bonds. The van der Waals surface area contributed by atoms with Crippen molar-refractivity contribution in [2.45, 2.75) is 51.4 Å². The minimum Gasteiger partial charge on any atom is -0.492 e. The van der Waals surface area contributed by atoms with Crippen molar-refractivity contribution in [2.75, 3.05) is 38.6 Å². The smallest absolute Gasteiger partial charge is 0.224 e. The van der Waals surface area contributed by atoms with Gasteiger partial charge in [-0.25, -0.2) is 0 Å². The molecule has 2 aliphatic heterocycles. The SMILES string of the molecule is CN=C(NCCOc1ccc2c(c1)CCC(=O)N2)N1CCC2(CCCCC2)C1.I. The average Bonchev–Trinajstić information content (AvgIpc) is 3.11. The molecule has 0 aromatic heterocycles. The number of ether oxygens (including phenoxy) is 1. The van der Waals surface area contributed by atoms with Crippen LogP contribution in [0.15, 0.2) is 23.2 Å². The number of carbonyl (C=O) groups is 1. The number of aliphatic imine (C=N–C) groups is 1. The van der Waals surface area contributed by atoms with Gasteiger partial charge in [-0.1, -0.05) is 19.3 Å². The summed E-state index contributed by atoms with van der Waals surface area (Å²) in [5.74, 6) is 1.95. The molecule has 0 atom stereocenters. The highest BCUT2D eigenvalue weighted by Gasteiger charge is 2.39. The van der Waals surface area contributed by atoms with E-state index in [0.717, 1.165) is 49.0 Å². The number of anilines is 1. The number of likely N-dealkylation sites (tertiary alicyclic amines) is 1. The maximum atomic E-state index is 11.5. The lowest BCUT2D eigenvalue weighted by Gasteiger charge is -2.33. The molecule has 1 saturated carbocycles. The Morgan fingerprint density at radius 3 is 2.86 bits per heavy atom. The Kier molecular flexibility index (Phi) is 7.65. The first-order valence-electron chi connectivity index (χ1n) is 10.7. The number of carbonyl (C=O) groups excluding carboxylic acids is 1. The van der Waals surface area contributed by atoms with E-state index in [1.54, 1.807) is 0 Å². The minimum absolute atomic E-state index is 0. The molecule has 1 aromatic carbocycles. The summed E-state index contributed by atoms with van der Waals surface area (Å²) < 4.78 is 5.92. The number of guanidine groups is 1. The number of amides is 1. The van der Waals surface area contributed by atoms with Crippen molar-refractivity contribution < 1.29 is 9.53 Å². The van der Waals surface area contributed by atoms with Gasteiger partial charge < -0.3 is 20.3 Å². The molecule has 7 heteroatoms. The van der Waals surface area contributed by atoms with E-state index in [-0.39, 0.29) is 29.9 Å². The Balaban J connectivity index is 0.00000240. The summed E-state index contributed by atoms with van der Waals surface area (Å²) >= 11 is 0. The number of hydrogen-bond acceptors (Lipinski definition) is 3. The third kappa shape index (κ3) is 5.35. The van der Waals surface area contributed by atoms with Crippen LogP contribution in [0.5, 0.6) is 5.75 Å². The van der Waals surface area contributed by atoms with Gasteiger partial charge >= 0.3 is 0 Å². The molecule has 6 nitrogen and oxygen atoms in total. The normalized spacial score (nSPS) is 20.7. The van der Waals surface area contributed by atoms with E-state index in [9.17, 15) is 4.79 Å². The van der Waals surface area contributed by atoms with Crippen LogP contribution in [0.1, 0.15) is 50.5 Å². The van der Waals surface area contributed by atoms with Gasteiger partial charge in [-0.2, -0.15) is 0 Å². The minimum atomic E-state index is 0. The zero-order valence-electron chi connectivity index (χ0n) is 17.3. The number of fused-ring (bicyclic) bond motifs is 1. The van der Waals surface area contributed by atoms with Crippen LogP contribution >= 0.6 is 24.0 Å². The highest BCUT2D eigenvalue weighted by atomic mass is 127. The van der Waals surface area contributed by atoms with E-state index >= 15 is 0 Å². The monoisotopic (exact) mass is 512 g/mol. The van der Waals surface area contributed by atoms with Crippen LogP contribution < -0.4 is 15.4 Å². The first kappa shape index (κ1) is 22.2. The van der Waals surface area contributed by atoms with Crippen molar-refractivity contribution in [3.8, 4) is 5.75 Å². The van der Waals surface area contributed by atoms with Gasteiger partial charge in [0.05, 0.1) is 6.54 Å². The van der Waals surface area contributed by atoms with Gasteiger partial charge in [-0.15, -0.1) is 24.0 Å². The molecule has 160 valence electrons. The van der Waals surface area contributed by atoms with Crippen LogP contribution in [0.3, 0.4) is 0 Å². The van der Waals surface area contributed by atoms with Gasteiger partial charge in [0.25, 0.3) is 0 Å². The lowest BCUT2D eigenvalue weighted by Crippen LogP contribution is -2.43. The maximum Gasteiger partial charge on any atom is 0.224 e. The Morgan fingerprint density at radius 2 is 2.07 bits per heavy atom. The summed E-state index contributed by atoms with van der Waals surface area (Å²) in [6, 6.07) is 5.89. The summed E-state index contributed by atoms with van der Waals surface area (Å²) in [7, 11) is 1.87. The van der Waals surface area contributed by atoms with Gasteiger partial charge in [0.1, 0.15) is 12.4 Å². The number of nitrogens with one attached hydrogen (secondary N) is 2. The fourth-order valence-corrected chi connectivity index (χ4v) is 4.94. The highest BCUT2D eigenvalue weighted by molar-refractivity contribution is 14.0. The third-order valence-electron chi connectivity index (χ3n) is 6.49. The van der Waals surface area contributed by atoms with Gasteiger partial charge in [-0.05, 0) is 54.9 Å². The quantitative estimate of drug-likeness (QED) is 0.279. The van der Waals surface area contributed by atoms with Crippen molar-refractivity contribution in [1.29, 1.82) is 0 Å². The molecule has 3 aliphatic rings. The fraction of sp³-hybridized carbons (Fsp3) is 0.636. The van der Waals surface area contributed by atoms with Crippen molar-refractivity contribution >= 4 is 41.5 Å². The highest BCUT2D eigenvalue weighted by Crippen LogP contribution is 2.43. The predicted octanol–water partition coefficient (Wildman–Crippen LogP) is 3.80. The summed E-state index contributed by atoms with van der Waals surface area (Å²) in [6.45, 7) is 3.56. The molecule has 0 radical (unpaired) electrons. The maximum absolute atomic E-state index is 11.5. The van der Waals surface area contributed by atoms with Gasteiger partial charge in [-0.3, -0.25) is 9.79 Å². The molecular weight excluding hydrogens is 479 g/mol. The number of benzene rings is 1. The zero-order valence-corrected chi connectivity index (χ0v) is 19.7. The van der Waals surface area contributed by atoms with Crippen LogP contribution in [0.25, 0.3) is 0 Å². The van der Waals surface area contributed by atoms with Gasteiger partial charge in [0.15, 0.2) is 5.96 Å². The number of rotatable bonds is 4. The molecule has 29 heavy (non-hydrogen) atoms. The second-order valence-corrected chi connectivity index (χ2v) is 8.42. The number of hydrogen-bond donors (Lipinski definition) is 2. The molecule has 1 saturated heterocycles. The summed E-state index contributed by atoms with van der Waals surface area (Å²) in [5.41, 5.74) is 2.59. The van der Waals surface area contributed by atoms with Crippen molar-refractivity contribution in [2.24, 2.45) is 10.4 Å². The second kappa shape index (κ2) is 10.00. The topological polar surface area (TPSA) is 66.0 Å². The van der Waals surface area contributed by atoms with Crippen LogP contribution in [0, 0.1) is 5.41 Å². The Hall–Kier alpha value is -1.51. The van der Waals surface area contributed by atoms with Crippen LogP contribution in [-0.4, -0.2) is 50.1 Å². The third-order valence-corrected chi connectivity index (χ3v) is 6.49. The molecule has 2 N–H and O–H groups in total. The zero-order chi connectivity index (χ0) is 19.4. The van der Waals surface area contributed by atoms with Crippen molar-refractivity contribution in [3.05, 3.63) is 23.8 Å². The van der Waals surface area contributed by atoms with Crippen LogP contribution in [0.2, 0.25) is 0 Å². The summed E-state index contributed by atoms with van der Waals surface area (Å²) in [5, 5.41) is 6.37. The molecule has 4 rings (SSSR count). The summed E-state index contributed by atoms with van der Waals surface area (Å²) in [4.78, 5) is 18.4. The van der Waals surface area contributed by atoms with E-state index in [0.29, 0.717) is 18.4 Å². The van der Waals surface area contributed by atoms with E-state index in [1.165, 1.54) is 38.5 Å². The number of halogens is 1. The average molecular weight is 512 g/mol. The number of aryl methyl sites for hydroxylation is 1. The number of nitrogens with zero attached hydrogens (tertiary/aromatic N) is 2. The van der Waals surface area contributed by atoms with Crippen molar-refractivity contribution in [3.63, 3.8) is 0 Å². The molecule has 1 aliphatic carbocycles. The second-order valence-electron chi connectivity index (χ2n) is 8.42. The fourth-order valence-electron chi connectivity index (χ4n) is 4.94. The van der Waals surface area contributed by atoms with Crippen LogP contribution in [0.4, 0.5) is 5.69 Å². The summed E-state index contributed by atoms with van der Waals surface area (Å²) in [6.07, 6.45) is 9.56. The molecule has 2 fully saturated rings. The molecule has 1 aromatic rings. The largest absolute Gasteiger partial charge is 0.492 e. The van der Waals surface area contributed by atoms with E-state index in [4.69, 9.17) is 4.74 Å². The molecule has 0 bridgehead atoms. The van der Waals surface area contributed by atoms with Gasteiger partial charge in [0, 0.05) is 32.2 Å². The van der Waals surface area contributed by atoms with E-state index in [1.807, 2.05) is 25.2 Å². The lowest BCUT2D eigenvalue weighted by molar-refractivity contribution is -0.116. The van der Waals surface area contributed by atoms with E-state index < -0.39 is 0 Å². The molecule has 0 unspecified atom stereocenters. The first-order chi connectivity index (χ1) is 13.7. The Labute approximate surface area is 190 Å². The Bertz CT molecular complexity index is 746. The lowest BCUT2D eigenvalue weighted by atomic mass is 9.73.